The highest BCUT2D eigenvalue weighted by atomic mass is 19.1. The largest absolute Gasteiger partial charge is 0.491 e. The Morgan fingerprint density at radius 1 is 0.842 bits per heavy atom. The SMILES string of the molecule is OC(COc1ccccc1)COc1ccc(F)cc1. The zero-order valence-electron chi connectivity index (χ0n) is 10.3. The maximum absolute atomic E-state index is 12.7. The maximum Gasteiger partial charge on any atom is 0.123 e. The molecule has 100 valence electrons. The number of hydrogen-bond donors (Lipinski definition) is 1. The molecule has 0 bridgehead atoms. The smallest absolute Gasteiger partial charge is 0.123 e. The van der Waals surface area contributed by atoms with Crippen LogP contribution in [0.5, 0.6) is 11.5 Å². The fraction of sp³-hybridized carbons (Fsp3) is 0.200. The van der Waals surface area contributed by atoms with Gasteiger partial charge in [0.1, 0.15) is 36.6 Å². The van der Waals surface area contributed by atoms with Crippen LogP contribution in [0, 0.1) is 5.82 Å². The number of aliphatic hydroxyl groups is 1. The Balaban J connectivity index is 1.72. The Bertz CT molecular complexity index is 485. The molecule has 0 aliphatic rings. The van der Waals surface area contributed by atoms with Crippen molar-refractivity contribution in [3.8, 4) is 11.5 Å². The molecule has 0 spiro atoms. The van der Waals surface area contributed by atoms with Gasteiger partial charge in [-0.3, -0.25) is 0 Å². The molecule has 19 heavy (non-hydrogen) atoms. The third-order valence-corrected chi connectivity index (χ3v) is 2.44. The van der Waals surface area contributed by atoms with Crippen LogP contribution in [-0.4, -0.2) is 24.4 Å². The van der Waals surface area contributed by atoms with E-state index in [1.165, 1.54) is 24.3 Å². The molecule has 0 saturated carbocycles. The molecule has 0 aromatic heterocycles. The van der Waals surface area contributed by atoms with Crippen molar-refractivity contribution in [2.75, 3.05) is 13.2 Å². The van der Waals surface area contributed by atoms with Crippen molar-refractivity contribution < 1.29 is 19.0 Å². The number of halogens is 1. The summed E-state index contributed by atoms with van der Waals surface area (Å²) in [6.07, 6.45) is -0.745. The third-order valence-electron chi connectivity index (χ3n) is 2.44. The highest BCUT2D eigenvalue weighted by Gasteiger charge is 2.06. The van der Waals surface area contributed by atoms with Gasteiger partial charge in [-0.25, -0.2) is 4.39 Å². The number of para-hydroxylation sites is 1. The monoisotopic (exact) mass is 262 g/mol. The summed E-state index contributed by atoms with van der Waals surface area (Å²) in [5.41, 5.74) is 0. The molecule has 0 aliphatic carbocycles. The molecule has 0 radical (unpaired) electrons. The van der Waals surface area contributed by atoms with E-state index in [0.29, 0.717) is 11.5 Å². The maximum atomic E-state index is 12.7. The highest BCUT2D eigenvalue weighted by Crippen LogP contribution is 2.12. The van der Waals surface area contributed by atoms with Crippen LogP contribution < -0.4 is 9.47 Å². The van der Waals surface area contributed by atoms with E-state index >= 15 is 0 Å². The molecule has 0 heterocycles. The standard InChI is InChI=1S/C15H15FO3/c16-12-6-8-15(9-7-12)19-11-13(17)10-18-14-4-2-1-3-5-14/h1-9,13,17H,10-11H2. The second kappa shape index (κ2) is 6.75. The lowest BCUT2D eigenvalue weighted by Crippen LogP contribution is -2.25. The van der Waals surface area contributed by atoms with Gasteiger partial charge in [0.25, 0.3) is 0 Å². The van der Waals surface area contributed by atoms with Crippen LogP contribution in [0.4, 0.5) is 4.39 Å². The summed E-state index contributed by atoms with van der Waals surface area (Å²) in [6.45, 7) is 0.240. The van der Waals surface area contributed by atoms with Crippen molar-refractivity contribution in [2.24, 2.45) is 0 Å². The number of aliphatic hydroxyl groups excluding tert-OH is 1. The van der Waals surface area contributed by atoms with Gasteiger partial charge < -0.3 is 14.6 Å². The van der Waals surface area contributed by atoms with Crippen LogP contribution in [0.2, 0.25) is 0 Å². The summed E-state index contributed by atoms with van der Waals surface area (Å²) in [7, 11) is 0. The number of hydrogen-bond acceptors (Lipinski definition) is 3. The summed E-state index contributed by atoms with van der Waals surface area (Å²) in [5.74, 6) is 0.892. The number of ether oxygens (including phenoxy) is 2. The Hall–Kier alpha value is -2.07. The van der Waals surface area contributed by atoms with Crippen molar-refractivity contribution >= 4 is 0 Å². The van der Waals surface area contributed by atoms with Crippen molar-refractivity contribution in [1.29, 1.82) is 0 Å². The van der Waals surface area contributed by atoms with Gasteiger partial charge in [-0.2, -0.15) is 0 Å². The van der Waals surface area contributed by atoms with E-state index in [1.807, 2.05) is 30.3 Å². The third kappa shape index (κ3) is 4.60. The van der Waals surface area contributed by atoms with Crippen molar-refractivity contribution in [1.82, 2.24) is 0 Å². The van der Waals surface area contributed by atoms with E-state index in [2.05, 4.69) is 0 Å². The second-order valence-electron chi connectivity index (χ2n) is 4.04. The van der Waals surface area contributed by atoms with Crippen molar-refractivity contribution in [2.45, 2.75) is 6.10 Å². The first kappa shape index (κ1) is 13.4. The van der Waals surface area contributed by atoms with Gasteiger partial charge in [0, 0.05) is 0 Å². The molecule has 1 unspecified atom stereocenters. The normalized spacial score (nSPS) is 11.9. The molecular weight excluding hydrogens is 247 g/mol. The average molecular weight is 262 g/mol. The van der Waals surface area contributed by atoms with E-state index in [9.17, 15) is 9.50 Å². The number of rotatable bonds is 6. The van der Waals surface area contributed by atoms with Gasteiger partial charge in [-0.05, 0) is 36.4 Å². The van der Waals surface area contributed by atoms with E-state index < -0.39 is 6.10 Å². The molecule has 0 aliphatic heterocycles. The minimum atomic E-state index is -0.745. The predicted octanol–water partition coefficient (Wildman–Crippen LogP) is 2.64. The van der Waals surface area contributed by atoms with Gasteiger partial charge in [0.15, 0.2) is 0 Å². The average Bonchev–Trinajstić information content (AvgIpc) is 2.45. The molecule has 3 nitrogen and oxygen atoms in total. The molecule has 1 N–H and O–H groups in total. The van der Waals surface area contributed by atoms with Gasteiger partial charge in [0.2, 0.25) is 0 Å². The zero-order chi connectivity index (χ0) is 13.5. The molecule has 0 saturated heterocycles. The van der Waals surface area contributed by atoms with E-state index in [4.69, 9.17) is 9.47 Å². The Kier molecular flexibility index (Phi) is 4.75. The van der Waals surface area contributed by atoms with Crippen LogP contribution >= 0.6 is 0 Å². The van der Waals surface area contributed by atoms with Crippen LogP contribution in [-0.2, 0) is 0 Å². The summed E-state index contributed by atoms with van der Waals surface area (Å²) >= 11 is 0. The van der Waals surface area contributed by atoms with Gasteiger partial charge in [0.05, 0.1) is 0 Å². The van der Waals surface area contributed by atoms with Gasteiger partial charge >= 0.3 is 0 Å². The van der Waals surface area contributed by atoms with E-state index in [0.717, 1.165) is 0 Å². The lowest BCUT2D eigenvalue weighted by molar-refractivity contribution is 0.0626. The van der Waals surface area contributed by atoms with Gasteiger partial charge in [-0.15, -0.1) is 0 Å². The fourth-order valence-corrected chi connectivity index (χ4v) is 1.48. The van der Waals surface area contributed by atoms with Crippen LogP contribution in [0.25, 0.3) is 0 Å². The summed E-state index contributed by atoms with van der Waals surface area (Å²) in [4.78, 5) is 0. The zero-order valence-corrected chi connectivity index (χ0v) is 10.3. The quantitative estimate of drug-likeness (QED) is 0.869. The van der Waals surface area contributed by atoms with Crippen LogP contribution in [0.3, 0.4) is 0 Å². The first-order valence-corrected chi connectivity index (χ1v) is 5.98. The minimum absolute atomic E-state index is 0.0957. The van der Waals surface area contributed by atoms with Crippen LogP contribution in [0.1, 0.15) is 0 Å². The highest BCUT2D eigenvalue weighted by molar-refractivity contribution is 5.22. The van der Waals surface area contributed by atoms with Crippen LogP contribution in [0.15, 0.2) is 54.6 Å². The summed E-state index contributed by atoms with van der Waals surface area (Å²) in [6, 6.07) is 14.9. The first-order chi connectivity index (χ1) is 9.24. The lowest BCUT2D eigenvalue weighted by Gasteiger charge is -2.13. The molecule has 2 aromatic rings. The minimum Gasteiger partial charge on any atom is -0.491 e. The first-order valence-electron chi connectivity index (χ1n) is 5.98. The molecule has 2 aromatic carbocycles. The predicted molar refractivity (Wildman–Crippen MR) is 69.8 cm³/mol. The van der Waals surface area contributed by atoms with E-state index in [-0.39, 0.29) is 19.0 Å². The molecule has 2 rings (SSSR count). The summed E-state index contributed by atoms with van der Waals surface area (Å²) < 4.78 is 23.4. The van der Waals surface area contributed by atoms with E-state index in [1.54, 1.807) is 0 Å². The molecule has 0 amide bonds. The van der Waals surface area contributed by atoms with Crippen molar-refractivity contribution in [3.05, 3.63) is 60.4 Å². The Morgan fingerprint density at radius 3 is 1.95 bits per heavy atom. The molecule has 4 heteroatoms. The Morgan fingerprint density at radius 2 is 1.37 bits per heavy atom. The second-order valence-corrected chi connectivity index (χ2v) is 4.04. The molecular formula is C15H15FO3. The lowest BCUT2D eigenvalue weighted by atomic mass is 10.3. The molecule has 0 fully saturated rings. The summed E-state index contributed by atoms with van der Waals surface area (Å²) in [5, 5.41) is 9.70. The topological polar surface area (TPSA) is 38.7 Å². The van der Waals surface area contributed by atoms with Gasteiger partial charge in [-0.1, -0.05) is 18.2 Å². The Labute approximate surface area is 111 Å². The number of benzene rings is 2. The molecule has 1 atom stereocenters. The van der Waals surface area contributed by atoms with Crippen molar-refractivity contribution in [3.63, 3.8) is 0 Å². The fourth-order valence-electron chi connectivity index (χ4n) is 1.48.